The molecule has 0 aromatic heterocycles. The van der Waals surface area contributed by atoms with Crippen molar-refractivity contribution >= 4 is 17.9 Å². The maximum absolute atomic E-state index is 14.3. The molecular weight excluding hydrogens is 592 g/mol. The number of nitrogens with zero attached hydrogens (tertiary/aromatic N) is 1. The molecule has 0 aliphatic carbocycles. The summed E-state index contributed by atoms with van der Waals surface area (Å²) in [5.74, 6) is -0.609. The van der Waals surface area contributed by atoms with Gasteiger partial charge in [-0.1, -0.05) is 60.7 Å². The molecule has 2 atom stereocenters. The standard InChI is InChI=1S/C36H35F2N3O5/c1-44-29-13-5-12-27(23-29)33-36(20-7-11-25-9-3-2-4-10-25,35(43)41-39-24-30-31(37)14-6-15-32(30)38)40-34(46-33)26-16-18-28(19-17-26)45-22-8-21-42/h2-7,9-19,23,33,39,42H,8,20-22,24H2,1H3,(H,41,43)/b11-7+/t33-,36-/m0/s1. The Morgan fingerprint density at radius 2 is 1.72 bits per heavy atom. The number of aliphatic hydroxyl groups excluding tert-OH is 1. The Bertz CT molecular complexity index is 1660. The van der Waals surface area contributed by atoms with Gasteiger partial charge >= 0.3 is 0 Å². The van der Waals surface area contributed by atoms with Crippen molar-refractivity contribution in [3.8, 4) is 11.5 Å². The van der Waals surface area contributed by atoms with E-state index in [2.05, 4.69) is 10.9 Å². The molecule has 1 amide bonds. The molecule has 10 heteroatoms. The molecule has 0 spiro atoms. The number of carbonyl (C=O) groups is 1. The second-order valence-electron chi connectivity index (χ2n) is 10.6. The third kappa shape index (κ3) is 7.59. The molecule has 4 aromatic rings. The molecule has 0 fully saturated rings. The number of benzene rings is 4. The number of ether oxygens (including phenoxy) is 3. The van der Waals surface area contributed by atoms with E-state index in [9.17, 15) is 13.6 Å². The van der Waals surface area contributed by atoms with Gasteiger partial charge in [0.05, 0.1) is 13.7 Å². The lowest BCUT2D eigenvalue weighted by molar-refractivity contribution is -0.130. The van der Waals surface area contributed by atoms with Crippen LogP contribution >= 0.6 is 0 Å². The first-order valence-electron chi connectivity index (χ1n) is 14.9. The number of methoxy groups -OCH3 is 1. The molecule has 4 aromatic carbocycles. The van der Waals surface area contributed by atoms with Crippen LogP contribution in [0.15, 0.2) is 108 Å². The van der Waals surface area contributed by atoms with E-state index in [-0.39, 0.29) is 31.0 Å². The molecular formula is C36H35F2N3O5. The molecule has 46 heavy (non-hydrogen) atoms. The first-order chi connectivity index (χ1) is 22.4. The molecule has 1 aliphatic rings. The van der Waals surface area contributed by atoms with Crippen LogP contribution in [0.25, 0.3) is 6.08 Å². The van der Waals surface area contributed by atoms with Crippen LogP contribution < -0.4 is 20.3 Å². The van der Waals surface area contributed by atoms with Gasteiger partial charge in [0.1, 0.15) is 23.1 Å². The molecule has 0 radical (unpaired) electrons. The van der Waals surface area contributed by atoms with Crippen LogP contribution in [0.4, 0.5) is 8.78 Å². The number of carbonyl (C=O) groups excluding carboxylic acids is 1. The highest BCUT2D eigenvalue weighted by Crippen LogP contribution is 2.43. The zero-order valence-electron chi connectivity index (χ0n) is 25.3. The van der Waals surface area contributed by atoms with Crippen LogP contribution in [0.3, 0.4) is 0 Å². The molecule has 8 nitrogen and oxygen atoms in total. The van der Waals surface area contributed by atoms with Crippen molar-refractivity contribution < 1.29 is 32.9 Å². The van der Waals surface area contributed by atoms with Crippen molar-refractivity contribution in [1.82, 2.24) is 10.9 Å². The largest absolute Gasteiger partial charge is 0.497 e. The normalized spacial score (nSPS) is 17.4. The van der Waals surface area contributed by atoms with Gasteiger partial charge in [0, 0.05) is 37.1 Å². The highest BCUT2D eigenvalue weighted by Gasteiger charge is 2.52. The minimum absolute atomic E-state index is 0.0291. The molecule has 5 rings (SSSR count). The fourth-order valence-corrected chi connectivity index (χ4v) is 5.08. The number of aliphatic imine (C=N–C) groups is 1. The zero-order valence-corrected chi connectivity index (χ0v) is 25.3. The topological polar surface area (TPSA) is 101 Å². The Balaban J connectivity index is 1.51. The minimum Gasteiger partial charge on any atom is -0.497 e. The van der Waals surface area contributed by atoms with E-state index in [1.54, 1.807) is 49.6 Å². The van der Waals surface area contributed by atoms with Crippen molar-refractivity contribution in [2.45, 2.75) is 31.0 Å². The molecule has 1 heterocycles. The van der Waals surface area contributed by atoms with Gasteiger partial charge < -0.3 is 19.3 Å². The predicted octanol–water partition coefficient (Wildman–Crippen LogP) is 5.92. The van der Waals surface area contributed by atoms with Gasteiger partial charge in [-0.2, -0.15) is 0 Å². The van der Waals surface area contributed by atoms with E-state index in [0.717, 1.165) is 17.7 Å². The van der Waals surface area contributed by atoms with Crippen molar-refractivity contribution in [3.05, 3.63) is 137 Å². The molecule has 0 bridgehead atoms. The van der Waals surface area contributed by atoms with E-state index in [1.165, 1.54) is 6.07 Å². The summed E-state index contributed by atoms with van der Waals surface area (Å²) in [6.45, 7) is 0.104. The highest BCUT2D eigenvalue weighted by molar-refractivity contribution is 6.01. The predicted molar refractivity (Wildman–Crippen MR) is 171 cm³/mol. The van der Waals surface area contributed by atoms with Gasteiger partial charge in [0.2, 0.25) is 5.90 Å². The second kappa shape index (κ2) is 15.3. The fourth-order valence-electron chi connectivity index (χ4n) is 5.08. The van der Waals surface area contributed by atoms with Crippen LogP contribution in [-0.2, 0) is 16.1 Å². The van der Waals surface area contributed by atoms with E-state index in [1.807, 2.05) is 48.6 Å². The SMILES string of the molecule is COc1cccc([C@@H]2OC(c3ccc(OCCCO)cc3)=N[C@]2(C/C=C/c2ccccc2)C(=O)NNCc2c(F)cccc2F)c1. The molecule has 1 aliphatic heterocycles. The zero-order chi connectivity index (χ0) is 32.4. The molecule has 3 N–H and O–H groups in total. The number of nitrogens with one attached hydrogen (secondary N) is 2. The van der Waals surface area contributed by atoms with Gasteiger partial charge in [0.25, 0.3) is 5.91 Å². The maximum Gasteiger partial charge on any atom is 0.266 e. The average molecular weight is 628 g/mol. The summed E-state index contributed by atoms with van der Waals surface area (Å²) < 4.78 is 46.2. The number of aliphatic hydroxyl groups is 1. The third-order valence-corrected chi connectivity index (χ3v) is 7.49. The van der Waals surface area contributed by atoms with Crippen LogP contribution in [0.2, 0.25) is 0 Å². The monoisotopic (exact) mass is 627 g/mol. The summed E-state index contributed by atoms with van der Waals surface area (Å²) in [6.07, 6.45) is 3.48. The Hall–Kier alpha value is -5.06. The number of amides is 1. The Morgan fingerprint density at radius 1 is 0.978 bits per heavy atom. The Labute approximate surface area is 266 Å². The number of hydrazine groups is 1. The van der Waals surface area contributed by atoms with Gasteiger partial charge in [0.15, 0.2) is 11.6 Å². The lowest BCUT2D eigenvalue weighted by Crippen LogP contribution is -2.52. The number of hydrogen-bond donors (Lipinski definition) is 3. The molecule has 0 saturated carbocycles. The minimum atomic E-state index is -1.54. The van der Waals surface area contributed by atoms with Crippen LogP contribution in [0.1, 0.15) is 41.2 Å². The Morgan fingerprint density at radius 3 is 2.43 bits per heavy atom. The number of rotatable bonds is 14. The van der Waals surface area contributed by atoms with E-state index >= 15 is 0 Å². The van der Waals surface area contributed by atoms with Crippen molar-refractivity contribution in [2.75, 3.05) is 20.3 Å². The van der Waals surface area contributed by atoms with E-state index in [4.69, 9.17) is 24.3 Å². The van der Waals surface area contributed by atoms with E-state index in [0.29, 0.717) is 35.7 Å². The Kier molecular flexibility index (Phi) is 10.7. The summed E-state index contributed by atoms with van der Waals surface area (Å²) in [5, 5.41) is 9.04. The maximum atomic E-state index is 14.3. The number of halogens is 2. The van der Waals surface area contributed by atoms with Gasteiger partial charge in [-0.25, -0.2) is 19.2 Å². The van der Waals surface area contributed by atoms with Gasteiger partial charge in [-0.05, 0) is 59.7 Å². The summed E-state index contributed by atoms with van der Waals surface area (Å²) in [6, 6.07) is 27.5. The first kappa shape index (κ1) is 32.3. The summed E-state index contributed by atoms with van der Waals surface area (Å²) in [4.78, 5) is 19.2. The van der Waals surface area contributed by atoms with Crippen LogP contribution in [-0.4, -0.2) is 42.8 Å². The average Bonchev–Trinajstić information content (AvgIpc) is 3.48. The first-order valence-corrected chi connectivity index (χ1v) is 14.9. The van der Waals surface area contributed by atoms with Crippen molar-refractivity contribution in [1.29, 1.82) is 0 Å². The van der Waals surface area contributed by atoms with Crippen LogP contribution in [0.5, 0.6) is 11.5 Å². The molecule has 0 saturated heterocycles. The van der Waals surface area contributed by atoms with Gasteiger partial charge in [-0.3, -0.25) is 10.2 Å². The summed E-state index contributed by atoms with van der Waals surface area (Å²) in [5.41, 5.74) is 5.77. The summed E-state index contributed by atoms with van der Waals surface area (Å²) in [7, 11) is 1.55. The molecule has 0 unspecified atom stereocenters. The van der Waals surface area contributed by atoms with Gasteiger partial charge in [-0.15, -0.1) is 0 Å². The number of hydrogen-bond acceptors (Lipinski definition) is 7. The van der Waals surface area contributed by atoms with Crippen molar-refractivity contribution in [3.63, 3.8) is 0 Å². The fraction of sp³-hybridized carbons (Fsp3) is 0.222. The smallest absolute Gasteiger partial charge is 0.266 e. The highest BCUT2D eigenvalue weighted by atomic mass is 19.1. The lowest BCUT2D eigenvalue weighted by Gasteiger charge is -2.30. The van der Waals surface area contributed by atoms with Crippen LogP contribution in [0, 0.1) is 11.6 Å². The quantitative estimate of drug-likeness (QED) is 0.119. The summed E-state index contributed by atoms with van der Waals surface area (Å²) >= 11 is 0. The lowest BCUT2D eigenvalue weighted by atomic mass is 9.84. The van der Waals surface area contributed by atoms with E-state index < -0.39 is 29.2 Å². The second-order valence-corrected chi connectivity index (χ2v) is 10.6. The third-order valence-electron chi connectivity index (χ3n) is 7.49. The molecule has 238 valence electrons. The van der Waals surface area contributed by atoms with Crippen molar-refractivity contribution in [2.24, 2.45) is 4.99 Å².